The molecule has 0 fully saturated rings. The number of aromatic nitrogens is 1. The molecule has 1 aromatic heterocycles. The molecule has 25 heavy (non-hydrogen) atoms. The molecule has 0 spiro atoms. The van der Waals surface area contributed by atoms with E-state index in [0.29, 0.717) is 27.6 Å². The van der Waals surface area contributed by atoms with Gasteiger partial charge in [0, 0.05) is 25.5 Å². The SMILES string of the molecule is CC(=O)Oc1ccc(C(=O)c2nc3ccc(OC(C)=O)cc3s2)cc1. The van der Waals surface area contributed by atoms with Gasteiger partial charge in [-0.25, -0.2) is 4.98 Å². The number of nitrogens with zero attached hydrogens (tertiary/aromatic N) is 1. The molecule has 0 radical (unpaired) electrons. The van der Waals surface area contributed by atoms with Gasteiger partial charge in [0.15, 0.2) is 5.01 Å². The first-order valence-electron chi connectivity index (χ1n) is 7.34. The summed E-state index contributed by atoms with van der Waals surface area (Å²) in [5.74, 6) is -0.278. The zero-order valence-electron chi connectivity index (χ0n) is 13.4. The van der Waals surface area contributed by atoms with Crippen LogP contribution in [0.1, 0.15) is 29.2 Å². The van der Waals surface area contributed by atoms with Crippen molar-refractivity contribution in [3.63, 3.8) is 0 Å². The quantitative estimate of drug-likeness (QED) is 0.405. The number of ether oxygens (including phenoxy) is 2. The zero-order chi connectivity index (χ0) is 18.0. The highest BCUT2D eigenvalue weighted by atomic mass is 32.1. The Morgan fingerprint density at radius 3 is 2.12 bits per heavy atom. The number of rotatable bonds is 4. The highest BCUT2D eigenvalue weighted by molar-refractivity contribution is 7.20. The highest BCUT2D eigenvalue weighted by Crippen LogP contribution is 2.28. The van der Waals surface area contributed by atoms with Crippen LogP contribution in [0.4, 0.5) is 0 Å². The Bertz CT molecular complexity index is 975. The second kappa shape index (κ2) is 6.82. The van der Waals surface area contributed by atoms with E-state index in [1.807, 2.05) is 0 Å². The lowest BCUT2D eigenvalue weighted by Gasteiger charge is -2.01. The van der Waals surface area contributed by atoms with Crippen LogP contribution in [0.5, 0.6) is 11.5 Å². The lowest BCUT2D eigenvalue weighted by Crippen LogP contribution is -2.03. The van der Waals surface area contributed by atoms with Gasteiger partial charge in [-0.15, -0.1) is 11.3 Å². The minimum absolute atomic E-state index is 0.232. The maximum atomic E-state index is 12.6. The first kappa shape index (κ1) is 16.8. The maximum Gasteiger partial charge on any atom is 0.308 e. The topological polar surface area (TPSA) is 82.6 Å². The van der Waals surface area contributed by atoms with Crippen LogP contribution >= 0.6 is 11.3 Å². The summed E-state index contributed by atoms with van der Waals surface area (Å²) in [7, 11) is 0. The number of ketones is 1. The minimum atomic E-state index is -0.422. The largest absolute Gasteiger partial charge is 0.427 e. The number of carbonyl (C=O) groups is 3. The molecule has 0 amide bonds. The van der Waals surface area contributed by atoms with Crippen molar-refractivity contribution in [1.29, 1.82) is 0 Å². The monoisotopic (exact) mass is 355 g/mol. The molecule has 0 N–H and O–H groups in total. The number of benzene rings is 2. The van der Waals surface area contributed by atoms with E-state index in [9.17, 15) is 14.4 Å². The number of hydrogen-bond acceptors (Lipinski definition) is 7. The first-order chi connectivity index (χ1) is 11.9. The van der Waals surface area contributed by atoms with Gasteiger partial charge in [-0.3, -0.25) is 14.4 Å². The van der Waals surface area contributed by atoms with E-state index in [1.54, 1.807) is 42.5 Å². The van der Waals surface area contributed by atoms with Crippen LogP contribution in [0.2, 0.25) is 0 Å². The van der Waals surface area contributed by atoms with Gasteiger partial charge in [0.05, 0.1) is 10.2 Å². The Morgan fingerprint density at radius 2 is 1.48 bits per heavy atom. The summed E-state index contributed by atoms with van der Waals surface area (Å²) in [6.07, 6.45) is 0. The third-order valence-corrected chi connectivity index (χ3v) is 4.21. The van der Waals surface area contributed by atoms with Crippen LogP contribution in [-0.4, -0.2) is 22.7 Å². The fraction of sp³-hybridized carbons (Fsp3) is 0.111. The van der Waals surface area contributed by atoms with E-state index < -0.39 is 11.9 Å². The average Bonchev–Trinajstić information content (AvgIpc) is 2.97. The van der Waals surface area contributed by atoms with Crippen molar-refractivity contribution in [2.24, 2.45) is 0 Å². The molecule has 3 aromatic rings. The van der Waals surface area contributed by atoms with Gasteiger partial charge in [-0.2, -0.15) is 0 Å². The van der Waals surface area contributed by atoms with Crippen LogP contribution in [-0.2, 0) is 9.59 Å². The summed E-state index contributed by atoms with van der Waals surface area (Å²) in [5, 5.41) is 0.329. The molecule has 1 heterocycles. The van der Waals surface area contributed by atoms with Crippen LogP contribution in [0.3, 0.4) is 0 Å². The molecule has 126 valence electrons. The normalized spacial score (nSPS) is 10.5. The second-order valence-corrected chi connectivity index (χ2v) is 6.22. The Labute approximate surface area is 147 Å². The number of fused-ring (bicyclic) bond motifs is 1. The van der Waals surface area contributed by atoms with Gasteiger partial charge in [-0.1, -0.05) is 0 Å². The Kier molecular flexibility index (Phi) is 4.58. The third-order valence-electron chi connectivity index (χ3n) is 3.19. The molecule has 0 saturated carbocycles. The number of hydrogen-bond donors (Lipinski definition) is 0. The van der Waals surface area contributed by atoms with Gasteiger partial charge >= 0.3 is 11.9 Å². The van der Waals surface area contributed by atoms with Gasteiger partial charge in [0.2, 0.25) is 5.78 Å². The van der Waals surface area contributed by atoms with E-state index in [-0.39, 0.29) is 5.78 Å². The lowest BCUT2D eigenvalue weighted by atomic mass is 10.1. The van der Waals surface area contributed by atoms with Gasteiger partial charge < -0.3 is 9.47 Å². The predicted molar refractivity (Wildman–Crippen MR) is 92.1 cm³/mol. The summed E-state index contributed by atoms with van der Waals surface area (Å²) in [4.78, 5) is 38.8. The van der Waals surface area contributed by atoms with Crippen molar-refractivity contribution in [3.05, 3.63) is 53.0 Å². The fourth-order valence-electron chi connectivity index (χ4n) is 2.20. The molecule has 2 aromatic carbocycles. The van der Waals surface area contributed by atoms with Crippen molar-refractivity contribution < 1.29 is 23.9 Å². The summed E-state index contributed by atoms with van der Waals surface area (Å²) in [5.41, 5.74) is 1.09. The van der Waals surface area contributed by atoms with Crippen LogP contribution in [0, 0.1) is 0 Å². The Balaban J connectivity index is 1.86. The van der Waals surface area contributed by atoms with Crippen LogP contribution in [0.15, 0.2) is 42.5 Å². The summed E-state index contributed by atoms with van der Waals surface area (Å²) >= 11 is 1.22. The van der Waals surface area contributed by atoms with Crippen molar-refractivity contribution in [1.82, 2.24) is 4.98 Å². The van der Waals surface area contributed by atoms with E-state index >= 15 is 0 Å². The zero-order valence-corrected chi connectivity index (χ0v) is 14.3. The molecular formula is C18H13NO5S. The number of esters is 2. The molecule has 0 atom stereocenters. The lowest BCUT2D eigenvalue weighted by molar-refractivity contribution is -0.132. The molecule has 3 rings (SSSR count). The van der Waals surface area contributed by atoms with Gasteiger partial charge in [0.1, 0.15) is 11.5 Å². The Hall–Kier alpha value is -3.06. The predicted octanol–water partition coefficient (Wildman–Crippen LogP) is 3.38. The molecule has 0 aliphatic rings. The van der Waals surface area contributed by atoms with E-state index in [1.165, 1.54) is 25.2 Å². The first-order valence-corrected chi connectivity index (χ1v) is 8.16. The molecule has 0 bridgehead atoms. The van der Waals surface area contributed by atoms with Crippen molar-refractivity contribution in [2.75, 3.05) is 0 Å². The Morgan fingerprint density at radius 1 is 0.880 bits per heavy atom. The van der Waals surface area contributed by atoms with Crippen LogP contribution in [0.25, 0.3) is 10.2 Å². The van der Waals surface area contributed by atoms with Crippen molar-refractivity contribution in [2.45, 2.75) is 13.8 Å². The highest BCUT2D eigenvalue weighted by Gasteiger charge is 2.15. The third kappa shape index (κ3) is 3.89. The molecule has 0 saturated heterocycles. The average molecular weight is 355 g/mol. The van der Waals surface area contributed by atoms with Gasteiger partial charge in [0.25, 0.3) is 0 Å². The molecular weight excluding hydrogens is 342 g/mol. The summed E-state index contributed by atoms with van der Waals surface area (Å²) in [6.45, 7) is 2.63. The standard InChI is InChI=1S/C18H13NO5S/c1-10(20)23-13-5-3-12(4-6-13)17(22)18-19-15-8-7-14(24-11(2)21)9-16(15)25-18/h3-9H,1-2H3. The van der Waals surface area contributed by atoms with E-state index in [4.69, 9.17) is 9.47 Å². The van der Waals surface area contributed by atoms with Gasteiger partial charge in [-0.05, 0) is 36.4 Å². The molecule has 0 aliphatic heterocycles. The summed E-state index contributed by atoms with van der Waals surface area (Å²) in [6, 6.07) is 11.3. The number of carbonyl (C=O) groups excluding carboxylic acids is 3. The fourth-order valence-corrected chi connectivity index (χ4v) is 3.15. The molecule has 7 heteroatoms. The number of thiazole rings is 1. The minimum Gasteiger partial charge on any atom is -0.427 e. The van der Waals surface area contributed by atoms with Crippen molar-refractivity contribution >= 4 is 39.3 Å². The van der Waals surface area contributed by atoms with Crippen molar-refractivity contribution in [3.8, 4) is 11.5 Å². The molecule has 6 nitrogen and oxygen atoms in total. The summed E-state index contributed by atoms with van der Waals surface area (Å²) < 4.78 is 10.7. The van der Waals surface area contributed by atoms with Crippen LogP contribution < -0.4 is 9.47 Å². The second-order valence-electron chi connectivity index (χ2n) is 5.19. The molecule has 0 aliphatic carbocycles. The van der Waals surface area contributed by atoms with E-state index in [2.05, 4.69) is 4.98 Å². The molecule has 0 unspecified atom stereocenters. The smallest absolute Gasteiger partial charge is 0.308 e. The van der Waals surface area contributed by atoms with E-state index in [0.717, 1.165) is 4.70 Å². The maximum absolute atomic E-state index is 12.6.